The van der Waals surface area contributed by atoms with E-state index >= 15 is 0 Å². The fourth-order valence-corrected chi connectivity index (χ4v) is 1.82. The number of nitrogens with one attached hydrogen (secondary N) is 1. The molecule has 0 saturated carbocycles. The zero-order chi connectivity index (χ0) is 16.1. The van der Waals surface area contributed by atoms with E-state index in [2.05, 4.69) is 10.3 Å². The minimum Gasteiger partial charge on any atom is -0.481 e. The lowest BCUT2D eigenvalue weighted by Crippen LogP contribution is -2.12. The second-order valence-electron chi connectivity index (χ2n) is 4.42. The van der Waals surface area contributed by atoms with Crippen LogP contribution in [0.2, 0.25) is 0 Å². The molecule has 1 aromatic carbocycles. The summed E-state index contributed by atoms with van der Waals surface area (Å²) in [7, 11) is 1.52. The van der Waals surface area contributed by atoms with Crippen molar-refractivity contribution in [2.45, 2.75) is 6.54 Å². The van der Waals surface area contributed by atoms with Crippen LogP contribution in [0.4, 0.5) is 11.4 Å². The number of anilines is 1. The van der Waals surface area contributed by atoms with Gasteiger partial charge in [0.25, 0.3) is 5.69 Å². The highest BCUT2D eigenvalue weighted by Gasteiger charge is 2.16. The van der Waals surface area contributed by atoms with Crippen molar-refractivity contribution in [3.05, 3.63) is 57.8 Å². The molecular weight excluding hydrogens is 288 g/mol. The number of carbonyl (C=O) groups is 1. The first-order valence-electron chi connectivity index (χ1n) is 6.32. The van der Waals surface area contributed by atoms with E-state index in [4.69, 9.17) is 10.5 Å². The summed E-state index contributed by atoms with van der Waals surface area (Å²) in [6.45, 7) is 0.341. The van der Waals surface area contributed by atoms with Crippen LogP contribution in [-0.4, -0.2) is 22.9 Å². The molecule has 2 aromatic rings. The van der Waals surface area contributed by atoms with E-state index in [0.29, 0.717) is 18.1 Å². The molecular formula is C14H14N4O4. The van der Waals surface area contributed by atoms with Crippen LogP contribution in [0.25, 0.3) is 0 Å². The van der Waals surface area contributed by atoms with Gasteiger partial charge >= 0.3 is 0 Å². The van der Waals surface area contributed by atoms with Gasteiger partial charge < -0.3 is 15.8 Å². The minimum atomic E-state index is -0.714. The van der Waals surface area contributed by atoms with E-state index in [1.807, 2.05) is 0 Å². The van der Waals surface area contributed by atoms with Crippen LogP contribution in [0.1, 0.15) is 15.9 Å². The number of benzene rings is 1. The Bertz CT molecular complexity index is 700. The smallest absolute Gasteiger partial charge is 0.293 e. The fraction of sp³-hybridized carbons (Fsp3) is 0.143. The molecule has 0 aliphatic heterocycles. The van der Waals surface area contributed by atoms with E-state index in [-0.39, 0.29) is 11.3 Å². The Labute approximate surface area is 126 Å². The third-order valence-electron chi connectivity index (χ3n) is 2.97. The number of rotatable bonds is 6. The molecule has 1 amide bonds. The van der Waals surface area contributed by atoms with E-state index in [9.17, 15) is 14.9 Å². The minimum absolute atomic E-state index is 0.0864. The van der Waals surface area contributed by atoms with Crippen LogP contribution < -0.4 is 15.8 Å². The molecule has 0 aliphatic rings. The number of primary amides is 1. The highest BCUT2D eigenvalue weighted by molar-refractivity contribution is 5.94. The van der Waals surface area contributed by atoms with Gasteiger partial charge in [0.2, 0.25) is 11.8 Å². The van der Waals surface area contributed by atoms with Crippen molar-refractivity contribution in [3.8, 4) is 5.88 Å². The molecule has 1 aromatic heterocycles. The van der Waals surface area contributed by atoms with Crippen molar-refractivity contribution < 1.29 is 14.5 Å². The van der Waals surface area contributed by atoms with Gasteiger partial charge in [-0.05, 0) is 17.7 Å². The Kier molecular flexibility index (Phi) is 4.52. The maximum Gasteiger partial charge on any atom is 0.293 e. The number of hydrogen-bond donors (Lipinski definition) is 2. The lowest BCUT2D eigenvalue weighted by atomic mass is 10.1. The third-order valence-corrected chi connectivity index (χ3v) is 2.97. The van der Waals surface area contributed by atoms with Gasteiger partial charge in [-0.1, -0.05) is 6.07 Å². The molecule has 22 heavy (non-hydrogen) atoms. The van der Waals surface area contributed by atoms with Gasteiger partial charge in [0.05, 0.1) is 12.0 Å². The number of aromatic nitrogens is 1. The predicted octanol–water partition coefficient (Wildman–Crippen LogP) is 1.71. The van der Waals surface area contributed by atoms with Crippen molar-refractivity contribution in [2.75, 3.05) is 12.4 Å². The highest BCUT2D eigenvalue weighted by Crippen LogP contribution is 2.26. The molecule has 0 aliphatic carbocycles. The molecule has 0 atom stereocenters. The Hall–Kier alpha value is -3.16. The number of pyridine rings is 1. The summed E-state index contributed by atoms with van der Waals surface area (Å²) in [5.41, 5.74) is 6.12. The summed E-state index contributed by atoms with van der Waals surface area (Å²) < 4.78 is 4.95. The predicted molar refractivity (Wildman–Crippen MR) is 79.7 cm³/mol. The number of methoxy groups -OCH3 is 1. The maximum absolute atomic E-state index is 11.1. The summed E-state index contributed by atoms with van der Waals surface area (Å²) in [5, 5.41) is 14.0. The second kappa shape index (κ2) is 6.53. The maximum atomic E-state index is 11.1. The van der Waals surface area contributed by atoms with Crippen LogP contribution in [0.3, 0.4) is 0 Å². The van der Waals surface area contributed by atoms with E-state index in [0.717, 1.165) is 11.6 Å². The van der Waals surface area contributed by atoms with Gasteiger partial charge in [-0.2, -0.15) is 0 Å². The normalized spacial score (nSPS) is 10.0. The molecule has 0 fully saturated rings. The van der Waals surface area contributed by atoms with Crippen molar-refractivity contribution in [3.63, 3.8) is 0 Å². The van der Waals surface area contributed by atoms with Crippen molar-refractivity contribution >= 4 is 17.3 Å². The van der Waals surface area contributed by atoms with E-state index < -0.39 is 10.8 Å². The Morgan fingerprint density at radius 3 is 2.73 bits per heavy atom. The average Bonchev–Trinajstić information content (AvgIpc) is 2.53. The van der Waals surface area contributed by atoms with E-state index in [1.54, 1.807) is 18.3 Å². The monoisotopic (exact) mass is 302 g/mol. The largest absolute Gasteiger partial charge is 0.481 e. The number of ether oxygens (including phenoxy) is 1. The van der Waals surface area contributed by atoms with Gasteiger partial charge in [-0.15, -0.1) is 0 Å². The molecule has 0 spiro atoms. The average molecular weight is 302 g/mol. The van der Waals surface area contributed by atoms with Gasteiger partial charge in [0.15, 0.2) is 0 Å². The first kappa shape index (κ1) is 15.2. The Morgan fingerprint density at radius 2 is 2.18 bits per heavy atom. The molecule has 114 valence electrons. The standard InChI is InChI=1S/C14H14N4O4/c1-22-13-5-2-9(8-17-13)7-16-11-4-3-10(14(15)19)6-12(11)18(20)21/h2-6,8,16H,7H2,1H3,(H2,15,19). The lowest BCUT2D eigenvalue weighted by molar-refractivity contribution is -0.384. The van der Waals surface area contributed by atoms with Crippen LogP contribution in [0.15, 0.2) is 36.5 Å². The van der Waals surface area contributed by atoms with Crippen LogP contribution in [-0.2, 0) is 6.54 Å². The Morgan fingerprint density at radius 1 is 1.41 bits per heavy atom. The number of carbonyl (C=O) groups excluding carboxylic acids is 1. The molecule has 2 rings (SSSR count). The third kappa shape index (κ3) is 3.48. The zero-order valence-corrected chi connectivity index (χ0v) is 11.8. The number of hydrogen-bond acceptors (Lipinski definition) is 6. The van der Waals surface area contributed by atoms with Crippen LogP contribution >= 0.6 is 0 Å². The van der Waals surface area contributed by atoms with Gasteiger partial charge in [0, 0.05) is 30.4 Å². The molecule has 1 heterocycles. The molecule has 0 saturated heterocycles. The zero-order valence-electron chi connectivity index (χ0n) is 11.8. The van der Waals surface area contributed by atoms with Gasteiger partial charge in [-0.25, -0.2) is 4.98 Å². The molecule has 8 nitrogen and oxygen atoms in total. The van der Waals surface area contributed by atoms with Gasteiger partial charge in [-0.3, -0.25) is 14.9 Å². The molecule has 3 N–H and O–H groups in total. The number of nitro benzene ring substituents is 1. The van der Waals surface area contributed by atoms with E-state index in [1.165, 1.54) is 19.2 Å². The summed E-state index contributed by atoms with van der Waals surface area (Å²) in [4.78, 5) is 25.6. The molecule has 0 bridgehead atoms. The molecule has 0 unspecified atom stereocenters. The van der Waals surface area contributed by atoms with Crippen molar-refractivity contribution in [1.82, 2.24) is 4.98 Å². The van der Waals surface area contributed by atoms with Gasteiger partial charge in [0.1, 0.15) is 5.69 Å². The number of nitro groups is 1. The summed E-state index contributed by atoms with van der Waals surface area (Å²) in [6.07, 6.45) is 1.61. The SMILES string of the molecule is COc1ccc(CNc2ccc(C(N)=O)cc2[N+](=O)[O-])cn1. The first-order valence-corrected chi connectivity index (χ1v) is 6.32. The fourth-order valence-electron chi connectivity index (χ4n) is 1.82. The summed E-state index contributed by atoms with van der Waals surface area (Å²) >= 11 is 0. The second-order valence-corrected chi connectivity index (χ2v) is 4.42. The summed E-state index contributed by atoms with van der Waals surface area (Å²) in [5.74, 6) is -0.227. The van der Waals surface area contributed by atoms with Crippen LogP contribution in [0, 0.1) is 10.1 Å². The van der Waals surface area contributed by atoms with Crippen molar-refractivity contribution in [1.29, 1.82) is 0 Å². The van der Waals surface area contributed by atoms with Crippen LogP contribution in [0.5, 0.6) is 5.88 Å². The molecule has 8 heteroatoms. The number of nitrogens with zero attached hydrogens (tertiary/aromatic N) is 2. The lowest BCUT2D eigenvalue weighted by Gasteiger charge is -2.08. The van der Waals surface area contributed by atoms with Crippen molar-refractivity contribution in [2.24, 2.45) is 5.73 Å². The first-order chi connectivity index (χ1) is 10.5. The summed E-state index contributed by atoms with van der Waals surface area (Å²) in [6, 6.07) is 7.53. The highest BCUT2D eigenvalue weighted by atomic mass is 16.6. The molecule has 0 radical (unpaired) electrons. The number of amides is 1. The number of nitrogens with two attached hydrogens (primary N) is 1. The Balaban J connectivity index is 2.17. The quantitative estimate of drug-likeness (QED) is 0.619. The topological polar surface area (TPSA) is 120 Å².